The molecule has 0 aliphatic heterocycles. The van der Waals surface area contributed by atoms with Gasteiger partial charge in [-0.05, 0) is 36.2 Å². The summed E-state index contributed by atoms with van der Waals surface area (Å²) in [7, 11) is -3.59. The van der Waals surface area contributed by atoms with Crippen molar-refractivity contribution in [1.82, 2.24) is 4.98 Å². The van der Waals surface area contributed by atoms with Crippen molar-refractivity contribution >= 4 is 54.0 Å². The average Bonchev–Trinajstić information content (AvgIpc) is 3.27. The SMILES string of the molecule is CCS(=O)(=O)c1ccccc1C(=O)N(Cc1ccccc1)c1nc2c(C)ccc(Cl)c2s1. The maximum atomic E-state index is 13.8. The summed E-state index contributed by atoms with van der Waals surface area (Å²) in [6.45, 7) is 3.75. The number of halogens is 1. The number of anilines is 1. The second-order valence-electron chi connectivity index (χ2n) is 7.31. The van der Waals surface area contributed by atoms with Crippen LogP contribution >= 0.6 is 22.9 Å². The van der Waals surface area contributed by atoms with Crippen LogP contribution in [-0.2, 0) is 16.4 Å². The number of carbonyl (C=O) groups is 1. The molecule has 164 valence electrons. The van der Waals surface area contributed by atoms with E-state index in [1.807, 2.05) is 49.4 Å². The Hall–Kier alpha value is -2.74. The summed E-state index contributed by atoms with van der Waals surface area (Å²) in [5, 5.41) is 1.03. The molecule has 4 aromatic rings. The molecule has 1 heterocycles. The Morgan fingerprint density at radius 3 is 2.41 bits per heavy atom. The van der Waals surface area contributed by atoms with E-state index in [0.29, 0.717) is 10.2 Å². The fourth-order valence-electron chi connectivity index (χ4n) is 3.41. The van der Waals surface area contributed by atoms with E-state index < -0.39 is 15.7 Å². The van der Waals surface area contributed by atoms with Gasteiger partial charge >= 0.3 is 0 Å². The molecular weight excluding hydrogens is 464 g/mol. The lowest BCUT2D eigenvalue weighted by Gasteiger charge is -2.21. The summed E-state index contributed by atoms with van der Waals surface area (Å²) >= 11 is 7.72. The predicted molar refractivity (Wildman–Crippen MR) is 130 cm³/mol. The van der Waals surface area contributed by atoms with Crippen molar-refractivity contribution in [1.29, 1.82) is 0 Å². The van der Waals surface area contributed by atoms with Gasteiger partial charge in [0.15, 0.2) is 15.0 Å². The maximum Gasteiger partial charge on any atom is 0.261 e. The number of fused-ring (bicyclic) bond motifs is 1. The molecule has 0 spiro atoms. The number of thiazole rings is 1. The van der Waals surface area contributed by atoms with E-state index >= 15 is 0 Å². The van der Waals surface area contributed by atoms with Crippen molar-refractivity contribution < 1.29 is 13.2 Å². The van der Waals surface area contributed by atoms with Gasteiger partial charge in [-0.3, -0.25) is 9.69 Å². The van der Waals surface area contributed by atoms with Crippen molar-refractivity contribution in [2.45, 2.75) is 25.3 Å². The number of hydrogen-bond donors (Lipinski definition) is 0. The number of hydrogen-bond acceptors (Lipinski definition) is 5. The summed E-state index contributed by atoms with van der Waals surface area (Å²) < 4.78 is 26.1. The van der Waals surface area contributed by atoms with E-state index in [9.17, 15) is 13.2 Å². The van der Waals surface area contributed by atoms with Crippen LogP contribution < -0.4 is 4.90 Å². The Kier molecular flexibility index (Phi) is 6.33. The maximum absolute atomic E-state index is 13.8. The van der Waals surface area contributed by atoms with Crippen molar-refractivity contribution in [3.05, 3.63) is 88.4 Å². The minimum absolute atomic E-state index is 0.0286. The van der Waals surface area contributed by atoms with Gasteiger partial charge in [-0.25, -0.2) is 13.4 Å². The van der Waals surface area contributed by atoms with Crippen molar-refractivity contribution in [3.8, 4) is 0 Å². The lowest BCUT2D eigenvalue weighted by molar-refractivity contribution is 0.0982. The van der Waals surface area contributed by atoms with E-state index in [1.165, 1.54) is 22.3 Å². The summed E-state index contributed by atoms with van der Waals surface area (Å²) in [5.74, 6) is -0.513. The van der Waals surface area contributed by atoms with Gasteiger partial charge in [0.2, 0.25) is 0 Å². The first-order valence-electron chi connectivity index (χ1n) is 10.0. The number of benzene rings is 3. The smallest absolute Gasteiger partial charge is 0.261 e. The molecule has 0 saturated carbocycles. The third-order valence-corrected chi connectivity index (χ3v) is 8.50. The molecule has 1 amide bonds. The molecule has 0 bridgehead atoms. The first-order chi connectivity index (χ1) is 15.3. The molecule has 0 atom stereocenters. The van der Waals surface area contributed by atoms with Crippen molar-refractivity contribution in [2.24, 2.45) is 0 Å². The standard InChI is InChI=1S/C24H21ClN2O3S2/c1-3-32(29,30)20-12-8-7-11-18(20)23(28)27(15-17-9-5-4-6-10-17)24-26-21-16(2)13-14-19(25)22(21)31-24/h4-14H,3,15H2,1-2H3. The van der Waals surface area contributed by atoms with E-state index in [4.69, 9.17) is 16.6 Å². The van der Waals surface area contributed by atoms with Crippen molar-refractivity contribution in [3.63, 3.8) is 0 Å². The lowest BCUT2D eigenvalue weighted by atomic mass is 10.1. The van der Waals surface area contributed by atoms with Crippen LogP contribution in [0.3, 0.4) is 0 Å². The minimum atomic E-state index is -3.59. The molecule has 0 radical (unpaired) electrons. The molecule has 0 aliphatic rings. The van der Waals surface area contributed by atoms with Gasteiger partial charge in [-0.15, -0.1) is 0 Å². The van der Waals surface area contributed by atoms with Gasteiger partial charge in [0.25, 0.3) is 5.91 Å². The summed E-state index contributed by atoms with van der Waals surface area (Å²) in [6.07, 6.45) is 0. The fourth-order valence-corrected chi connectivity index (χ4v) is 5.82. The average molecular weight is 485 g/mol. The van der Waals surface area contributed by atoms with Crippen molar-refractivity contribution in [2.75, 3.05) is 10.7 Å². The van der Waals surface area contributed by atoms with Gasteiger partial charge in [0, 0.05) is 0 Å². The van der Waals surface area contributed by atoms with Gasteiger partial charge in [-0.2, -0.15) is 0 Å². The second kappa shape index (κ2) is 9.02. The monoisotopic (exact) mass is 484 g/mol. The lowest BCUT2D eigenvalue weighted by Crippen LogP contribution is -2.31. The van der Waals surface area contributed by atoms with E-state index in [0.717, 1.165) is 21.3 Å². The number of nitrogens with zero attached hydrogens (tertiary/aromatic N) is 2. The Morgan fingerprint density at radius 2 is 1.72 bits per heavy atom. The molecule has 1 aromatic heterocycles. The van der Waals surface area contributed by atoms with Crippen LogP contribution in [-0.4, -0.2) is 25.1 Å². The van der Waals surface area contributed by atoms with Gasteiger partial charge in [0.05, 0.1) is 38.0 Å². The zero-order chi connectivity index (χ0) is 22.9. The molecule has 0 fully saturated rings. The van der Waals surface area contributed by atoms with E-state index in [2.05, 4.69) is 0 Å². The van der Waals surface area contributed by atoms with Crippen LogP contribution in [0, 0.1) is 6.92 Å². The normalized spacial score (nSPS) is 11.6. The third-order valence-electron chi connectivity index (χ3n) is 5.18. The Labute approximate surface area is 196 Å². The molecular formula is C24H21ClN2O3S2. The Bertz CT molecular complexity index is 1360. The highest BCUT2D eigenvalue weighted by atomic mass is 35.5. The first kappa shape index (κ1) is 22.5. The Balaban J connectivity index is 1.88. The number of sulfone groups is 1. The van der Waals surface area contributed by atoms with E-state index in [-0.39, 0.29) is 22.8 Å². The molecule has 8 heteroatoms. The molecule has 32 heavy (non-hydrogen) atoms. The zero-order valence-corrected chi connectivity index (χ0v) is 20.0. The van der Waals surface area contributed by atoms with Gasteiger partial charge in [-0.1, -0.05) is 78.4 Å². The number of rotatable bonds is 6. The zero-order valence-electron chi connectivity index (χ0n) is 17.6. The van der Waals surface area contributed by atoms with Crippen LogP contribution in [0.15, 0.2) is 71.6 Å². The highest BCUT2D eigenvalue weighted by Gasteiger charge is 2.27. The molecule has 0 saturated heterocycles. The minimum Gasteiger partial charge on any atom is -0.279 e. The number of carbonyl (C=O) groups excluding carboxylic acids is 1. The molecule has 3 aromatic carbocycles. The van der Waals surface area contributed by atoms with Gasteiger partial charge in [0.1, 0.15) is 0 Å². The number of aromatic nitrogens is 1. The number of aryl methyl sites for hydroxylation is 1. The van der Waals surface area contributed by atoms with Crippen LogP contribution in [0.1, 0.15) is 28.4 Å². The molecule has 5 nitrogen and oxygen atoms in total. The molecule has 0 aliphatic carbocycles. The van der Waals surface area contributed by atoms with Gasteiger partial charge < -0.3 is 0 Å². The second-order valence-corrected chi connectivity index (χ2v) is 10.9. The van der Waals surface area contributed by atoms with Crippen LogP contribution in [0.4, 0.5) is 5.13 Å². The summed E-state index contributed by atoms with van der Waals surface area (Å²) in [5.41, 5.74) is 2.72. The third kappa shape index (κ3) is 4.28. The summed E-state index contributed by atoms with van der Waals surface area (Å²) in [6, 6.07) is 19.6. The molecule has 0 unspecified atom stereocenters. The predicted octanol–water partition coefficient (Wildman–Crippen LogP) is 5.90. The number of amides is 1. The van der Waals surface area contributed by atoms with Crippen LogP contribution in [0.2, 0.25) is 5.02 Å². The van der Waals surface area contributed by atoms with Crippen LogP contribution in [0.5, 0.6) is 0 Å². The van der Waals surface area contributed by atoms with Crippen LogP contribution in [0.25, 0.3) is 10.2 Å². The quantitative estimate of drug-likeness (QED) is 0.341. The highest BCUT2D eigenvalue weighted by molar-refractivity contribution is 7.91. The largest absolute Gasteiger partial charge is 0.279 e. The first-order valence-corrected chi connectivity index (χ1v) is 12.9. The topological polar surface area (TPSA) is 67.3 Å². The molecule has 4 rings (SSSR count). The highest BCUT2D eigenvalue weighted by Crippen LogP contribution is 2.37. The van der Waals surface area contributed by atoms with E-state index in [1.54, 1.807) is 25.1 Å². The Morgan fingerprint density at radius 1 is 1.03 bits per heavy atom. The molecule has 0 N–H and O–H groups in total. The summed E-state index contributed by atoms with van der Waals surface area (Å²) in [4.78, 5) is 20.0. The fraction of sp³-hybridized carbons (Fsp3) is 0.167.